The van der Waals surface area contributed by atoms with Gasteiger partial charge in [-0.05, 0) is 68.1 Å². The molecule has 0 saturated carbocycles. The van der Waals surface area contributed by atoms with Crippen molar-refractivity contribution in [3.63, 3.8) is 0 Å². The molecule has 2 aromatic rings. The molecule has 0 fully saturated rings. The zero-order valence-electron chi connectivity index (χ0n) is 16.2. The number of sulfonamides is 1. The second kappa shape index (κ2) is 7.81. The van der Waals surface area contributed by atoms with Gasteiger partial charge < -0.3 is 15.7 Å². The van der Waals surface area contributed by atoms with Crippen molar-refractivity contribution in [3.8, 4) is 0 Å². The first-order valence-electron chi connectivity index (χ1n) is 9.14. The van der Waals surface area contributed by atoms with Crippen molar-refractivity contribution < 1.29 is 18.3 Å². The number of amides is 1. The fourth-order valence-corrected chi connectivity index (χ4v) is 4.38. The van der Waals surface area contributed by atoms with Crippen LogP contribution in [-0.4, -0.2) is 32.1 Å². The third-order valence-electron chi connectivity index (χ3n) is 4.81. The van der Waals surface area contributed by atoms with Gasteiger partial charge in [-0.15, -0.1) is 0 Å². The zero-order chi connectivity index (χ0) is 20.5. The van der Waals surface area contributed by atoms with E-state index in [0.717, 1.165) is 16.7 Å². The predicted molar refractivity (Wildman–Crippen MR) is 110 cm³/mol. The van der Waals surface area contributed by atoms with Crippen LogP contribution in [-0.2, 0) is 21.2 Å². The van der Waals surface area contributed by atoms with Gasteiger partial charge in [0.1, 0.15) is 4.90 Å². The van der Waals surface area contributed by atoms with Crippen LogP contribution in [0.3, 0.4) is 0 Å². The number of carbonyl (C=O) groups excluding carboxylic acids is 1. The van der Waals surface area contributed by atoms with Crippen LogP contribution in [0.5, 0.6) is 0 Å². The molecule has 7 nitrogen and oxygen atoms in total. The number of fused-ring (bicyclic) bond motifs is 1. The van der Waals surface area contributed by atoms with Gasteiger partial charge in [-0.25, -0.2) is 8.42 Å². The summed E-state index contributed by atoms with van der Waals surface area (Å²) in [4.78, 5) is 11.9. The van der Waals surface area contributed by atoms with Crippen molar-refractivity contribution >= 4 is 33.0 Å². The van der Waals surface area contributed by atoms with Crippen LogP contribution < -0.4 is 15.4 Å². The highest BCUT2D eigenvalue weighted by atomic mass is 32.2. The minimum absolute atomic E-state index is 0.00363. The van der Waals surface area contributed by atoms with Gasteiger partial charge in [-0.1, -0.05) is 6.07 Å². The molecule has 0 bridgehead atoms. The number of hydrogen-bond acceptors (Lipinski definition) is 5. The Morgan fingerprint density at radius 3 is 2.54 bits per heavy atom. The predicted octanol–water partition coefficient (Wildman–Crippen LogP) is 2.78. The van der Waals surface area contributed by atoms with Crippen LogP contribution in [0.1, 0.15) is 30.0 Å². The van der Waals surface area contributed by atoms with Crippen molar-refractivity contribution in [2.75, 3.05) is 22.0 Å². The van der Waals surface area contributed by atoms with Gasteiger partial charge in [0.15, 0.2) is 0 Å². The third-order valence-corrected chi connectivity index (χ3v) is 6.21. The highest BCUT2D eigenvalue weighted by Crippen LogP contribution is 2.34. The first kappa shape index (κ1) is 20.2. The molecule has 8 heteroatoms. The van der Waals surface area contributed by atoms with E-state index in [1.165, 1.54) is 6.07 Å². The maximum Gasteiger partial charge on any atom is 0.264 e. The van der Waals surface area contributed by atoms with Gasteiger partial charge in [0, 0.05) is 23.8 Å². The summed E-state index contributed by atoms with van der Waals surface area (Å²) in [6.07, 6.45) is 0.756. The van der Waals surface area contributed by atoms with E-state index in [9.17, 15) is 18.3 Å². The van der Waals surface area contributed by atoms with Gasteiger partial charge in [0.2, 0.25) is 5.91 Å². The van der Waals surface area contributed by atoms with Crippen LogP contribution >= 0.6 is 0 Å². The Morgan fingerprint density at radius 2 is 1.86 bits per heavy atom. The fourth-order valence-electron chi connectivity index (χ4n) is 3.10. The topological polar surface area (TPSA) is 108 Å². The molecule has 4 N–H and O–H groups in total. The lowest BCUT2D eigenvalue weighted by Crippen LogP contribution is -2.25. The van der Waals surface area contributed by atoms with E-state index in [2.05, 4.69) is 15.4 Å². The SMILES string of the molecule is Cc1ccc(NS(=O)(=O)c2cc(N[C@@H](C)CO)cc3c2NC(=O)CC3)cc1C. The standard InChI is InChI=1S/C20H25N3O4S/c1-12-4-6-16(8-13(12)2)23-28(26,27)18-10-17(21-14(3)11-24)9-15-5-7-19(25)22-20(15)18/h4,6,8-10,14,21,23-24H,5,7,11H2,1-3H3,(H,22,25)/t14-/m0/s1. The van der Waals surface area contributed by atoms with Crippen molar-refractivity contribution in [3.05, 3.63) is 47.0 Å². The smallest absolute Gasteiger partial charge is 0.264 e. The maximum absolute atomic E-state index is 13.1. The second-order valence-corrected chi connectivity index (χ2v) is 8.84. The summed E-state index contributed by atoms with van der Waals surface area (Å²) in [5.74, 6) is -0.209. The molecule has 1 aliphatic rings. The van der Waals surface area contributed by atoms with Crippen LogP contribution in [0.25, 0.3) is 0 Å². The van der Waals surface area contributed by atoms with E-state index in [4.69, 9.17) is 0 Å². The van der Waals surface area contributed by atoms with Crippen molar-refractivity contribution in [1.29, 1.82) is 0 Å². The Bertz CT molecular complexity index is 1020. The third kappa shape index (κ3) is 4.28. The monoisotopic (exact) mass is 403 g/mol. The van der Waals surface area contributed by atoms with E-state index < -0.39 is 10.0 Å². The lowest BCUT2D eigenvalue weighted by Gasteiger charge is -2.23. The van der Waals surface area contributed by atoms with Crippen LogP contribution in [0.2, 0.25) is 0 Å². The lowest BCUT2D eigenvalue weighted by atomic mass is 10.0. The highest BCUT2D eigenvalue weighted by Gasteiger charge is 2.27. The first-order chi connectivity index (χ1) is 13.2. The first-order valence-corrected chi connectivity index (χ1v) is 10.6. The number of carbonyl (C=O) groups is 1. The van der Waals surface area contributed by atoms with E-state index in [-0.39, 0.29) is 23.5 Å². The Labute approximate surface area is 165 Å². The van der Waals surface area contributed by atoms with Crippen LogP contribution in [0.15, 0.2) is 35.2 Å². The Balaban J connectivity index is 2.05. The van der Waals surface area contributed by atoms with Crippen molar-refractivity contribution in [1.82, 2.24) is 0 Å². The van der Waals surface area contributed by atoms with Gasteiger partial charge in [0.05, 0.1) is 12.3 Å². The molecule has 1 heterocycles. The average molecular weight is 404 g/mol. The number of nitrogens with one attached hydrogen (secondary N) is 3. The summed E-state index contributed by atoms with van der Waals surface area (Å²) in [6, 6.07) is 8.40. The molecule has 1 atom stereocenters. The molecule has 0 aromatic heterocycles. The van der Waals surface area contributed by atoms with Crippen molar-refractivity contribution in [2.45, 2.75) is 44.6 Å². The van der Waals surface area contributed by atoms with Gasteiger partial charge in [-0.2, -0.15) is 0 Å². The van der Waals surface area contributed by atoms with Gasteiger partial charge >= 0.3 is 0 Å². The normalized spacial score (nSPS) is 14.8. The molecule has 3 rings (SSSR count). The summed E-state index contributed by atoms with van der Waals surface area (Å²) < 4.78 is 28.9. The average Bonchev–Trinajstić information content (AvgIpc) is 2.64. The minimum Gasteiger partial charge on any atom is -0.394 e. The molecule has 0 unspecified atom stereocenters. The minimum atomic E-state index is -3.94. The van der Waals surface area contributed by atoms with Gasteiger partial charge in [0.25, 0.3) is 10.0 Å². The van der Waals surface area contributed by atoms with Crippen LogP contribution in [0, 0.1) is 13.8 Å². The fraction of sp³-hybridized carbons (Fsp3) is 0.350. The Hall–Kier alpha value is -2.58. The number of benzene rings is 2. The molecule has 150 valence electrons. The number of aryl methyl sites for hydroxylation is 3. The summed E-state index contributed by atoms with van der Waals surface area (Å²) in [5, 5.41) is 15.1. The Kier molecular flexibility index (Phi) is 5.62. The second-order valence-electron chi connectivity index (χ2n) is 7.19. The van der Waals surface area contributed by atoms with E-state index in [0.29, 0.717) is 29.9 Å². The molecule has 0 radical (unpaired) electrons. The molecule has 1 amide bonds. The molecule has 28 heavy (non-hydrogen) atoms. The Morgan fingerprint density at radius 1 is 1.11 bits per heavy atom. The lowest BCUT2D eigenvalue weighted by molar-refractivity contribution is -0.116. The maximum atomic E-state index is 13.1. The molecule has 0 saturated heterocycles. The molecule has 2 aromatic carbocycles. The number of hydrogen-bond donors (Lipinski definition) is 4. The largest absolute Gasteiger partial charge is 0.394 e. The number of anilines is 3. The molecule has 0 spiro atoms. The number of aliphatic hydroxyl groups excluding tert-OH is 1. The van der Waals surface area contributed by atoms with Crippen molar-refractivity contribution in [2.24, 2.45) is 0 Å². The summed E-state index contributed by atoms with van der Waals surface area (Å²) in [6.45, 7) is 5.58. The molecule has 1 aliphatic heterocycles. The zero-order valence-corrected chi connectivity index (χ0v) is 17.0. The van der Waals surface area contributed by atoms with Gasteiger partial charge in [-0.3, -0.25) is 9.52 Å². The number of rotatable bonds is 6. The summed E-state index contributed by atoms with van der Waals surface area (Å²) >= 11 is 0. The summed E-state index contributed by atoms with van der Waals surface area (Å²) in [7, 11) is -3.94. The van der Waals surface area contributed by atoms with E-state index in [1.807, 2.05) is 26.0 Å². The molecular formula is C20H25N3O4S. The molecule has 0 aliphatic carbocycles. The number of aliphatic hydroxyl groups is 1. The summed E-state index contributed by atoms with van der Waals surface area (Å²) in [5.41, 5.74) is 4.14. The van der Waals surface area contributed by atoms with E-state index in [1.54, 1.807) is 19.1 Å². The quantitative estimate of drug-likeness (QED) is 0.593. The molecular weight excluding hydrogens is 378 g/mol. The van der Waals surface area contributed by atoms with E-state index >= 15 is 0 Å². The highest BCUT2D eigenvalue weighted by molar-refractivity contribution is 7.93. The van der Waals surface area contributed by atoms with Crippen LogP contribution in [0.4, 0.5) is 17.1 Å².